The standard InChI is InChI=1S/C24H27N3O3/c28-21-7-6-15-9-12-30-24(15)17(21)4-2-10-26-11-8-20-18(13-26)16-3-1-5-19-23(16)27(20)14-22(29)25-19/h1,3,5-7,18,20,28H,2,4,8-14H2,(H,25,29)/t18-,20-/m0/s1. The molecule has 0 saturated carbocycles. The van der Waals surface area contributed by atoms with Gasteiger partial charge >= 0.3 is 0 Å². The minimum absolute atomic E-state index is 0.0974. The molecule has 0 aromatic heterocycles. The SMILES string of the molecule is O=C1CN2c3c(cccc3[C@@H]3CN(CCCc4c(O)ccc5c4OCC5)CC[C@@H]32)N1. The Kier molecular flexibility index (Phi) is 4.16. The zero-order chi connectivity index (χ0) is 20.2. The Balaban J connectivity index is 1.15. The number of fused-ring (bicyclic) bond motifs is 4. The van der Waals surface area contributed by atoms with Crippen LogP contribution in [-0.2, 0) is 17.6 Å². The molecule has 0 unspecified atom stereocenters. The van der Waals surface area contributed by atoms with Gasteiger partial charge in [0.2, 0.25) is 5.91 Å². The van der Waals surface area contributed by atoms with E-state index in [1.165, 1.54) is 16.8 Å². The van der Waals surface area contributed by atoms with Gasteiger partial charge in [0.25, 0.3) is 0 Å². The van der Waals surface area contributed by atoms with Gasteiger partial charge in [-0.05, 0) is 49.1 Å². The van der Waals surface area contributed by atoms with Gasteiger partial charge in [0, 0.05) is 37.0 Å². The summed E-state index contributed by atoms with van der Waals surface area (Å²) < 4.78 is 5.79. The summed E-state index contributed by atoms with van der Waals surface area (Å²) in [6, 6.07) is 10.5. The third-order valence-corrected chi connectivity index (χ3v) is 7.24. The van der Waals surface area contributed by atoms with Gasteiger partial charge in [0.1, 0.15) is 11.5 Å². The molecular formula is C24H27N3O3. The van der Waals surface area contributed by atoms with E-state index in [2.05, 4.69) is 27.2 Å². The second kappa shape index (κ2) is 6.91. The molecule has 6 rings (SSSR count). The lowest BCUT2D eigenvalue weighted by Gasteiger charge is -2.39. The molecule has 4 heterocycles. The molecule has 1 fully saturated rings. The smallest absolute Gasteiger partial charge is 0.243 e. The maximum Gasteiger partial charge on any atom is 0.243 e. The number of ether oxygens (including phenoxy) is 1. The number of carbonyl (C=O) groups excluding carboxylic acids is 1. The van der Waals surface area contributed by atoms with E-state index in [-0.39, 0.29) is 5.91 Å². The van der Waals surface area contributed by atoms with Crippen molar-refractivity contribution in [3.63, 3.8) is 0 Å². The summed E-state index contributed by atoms with van der Waals surface area (Å²) in [7, 11) is 0. The number of likely N-dealkylation sites (tertiary alicyclic amines) is 1. The minimum atomic E-state index is 0.0974. The predicted molar refractivity (Wildman–Crippen MR) is 116 cm³/mol. The van der Waals surface area contributed by atoms with Crippen LogP contribution in [0.2, 0.25) is 0 Å². The van der Waals surface area contributed by atoms with E-state index in [9.17, 15) is 9.90 Å². The summed E-state index contributed by atoms with van der Waals surface area (Å²) in [6.45, 7) is 4.29. The van der Waals surface area contributed by atoms with Crippen molar-refractivity contribution < 1.29 is 14.6 Å². The molecule has 30 heavy (non-hydrogen) atoms. The molecule has 0 aliphatic carbocycles. The summed E-state index contributed by atoms with van der Waals surface area (Å²) in [5, 5.41) is 13.4. The molecular weight excluding hydrogens is 378 g/mol. The molecule has 156 valence electrons. The summed E-state index contributed by atoms with van der Waals surface area (Å²) in [5.74, 6) is 1.83. The van der Waals surface area contributed by atoms with Crippen molar-refractivity contribution in [3.8, 4) is 11.5 Å². The normalized spacial score (nSPS) is 24.1. The first kappa shape index (κ1) is 18.1. The van der Waals surface area contributed by atoms with Crippen LogP contribution in [0.3, 0.4) is 0 Å². The number of carbonyl (C=O) groups is 1. The Morgan fingerprint density at radius 1 is 1.23 bits per heavy atom. The maximum absolute atomic E-state index is 12.1. The van der Waals surface area contributed by atoms with Gasteiger partial charge in [-0.2, -0.15) is 0 Å². The van der Waals surface area contributed by atoms with Crippen molar-refractivity contribution in [2.45, 2.75) is 37.6 Å². The lowest BCUT2D eigenvalue weighted by atomic mass is 9.89. The first-order valence-corrected chi connectivity index (χ1v) is 11.1. The van der Waals surface area contributed by atoms with Crippen LogP contribution in [0.25, 0.3) is 0 Å². The number of hydrogen-bond acceptors (Lipinski definition) is 5. The molecule has 2 atom stereocenters. The van der Waals surface area contributed by atoms with E-state index < -0.39 is 0 Å². The largest absolute Gasteiger partial charge is 0.508 e. The van der Waals surface area contributed by atoms with Gasteiger partial charge in [-0.25, -0.2) is 0 Å². The molecule has 1 amide bonds. The third kappa shape index (κ3) is 2.77. The molecule has 4 aliphatic heterocycles. The van der Waals surface area contributed by atoms with Gasteiger partial charge in [-0.1, -0.05) is 18.2 Å². The Morgan fingerprint density at radius 3 is 3.10 bits per heavy atom. The lowest BCUT2D eigenvalue weighted by Crippen LogP contribution is -2.49. The number of piperidine rings is 1. The minimum Gasteiger partial charge on any atom is -0.508 e. The van der Waals surface area contributed by atoms with E-state index in [1.54, 1.807) is 0 Å². The zero-order valence-electron chi connectivity index (χ0n) is 17.1. The van der Waals surface area contributed by atoms with Crippen LogP contribution in [0.1, 0.15) is 35.4 Å². The quantitative estimate of drug-likeness (QED) is 0.819. The first-order valence-electron chi connectivity index (χ1n) is 11.1. The third-order valence-electron chi connectivity index (χ3n) is 7.24. The van der Waals surface area contributed by atoms with Crippen molar-refractivity contribution in [1.29, 1.82) is 0 Å². The molecule has 2 N–H and O–H groups in total. The summed E-state index contributed by atoms with van der Waals surface area (Å²) >= 11 is 0. The van der Waals surface area contributed by atoms with E-state index in [4.69, 9.17) is 4.74 Å². The average molecular weight is 405 g/mol. The van der Waals surface area contributed by atoms with Gasteiger partial charge < -0.3 is 25.0 Å². The van der Waals surface area contributed by atoms with Crippen LogP contribution in [-0.4, -0.2) is 54.7 Å². The number of rotatable bonds is 4. The predicted octanol–water partition coefficient (Wildman–Crippen LogP) is 2.89. The maximum atomic E-state index is 12.1. The summed E-state index contributed by atoms with van der Waals surface area (Å²) in [5.41, 5.74) is 5.79. The van der Waals surface area contributed by atoms with Gasteiger partial charge in [0.15, 0.2) is 0 Å². The van der Waals surface area contributed by atoms with Crippen molar-refractivity contribution >= 4 is 17.3 Å². The van der Waals surface area contributed by atoms with Crippen molar-refractivity contribution in [2.24, 2.45) is 0 Å². The van der Waals surface area contributed by atoms with Crippen LogP contribution in [0.5, 0.6) is 11.5 Å². The topological polar surface area (TPSA) is 65.0 Å². The Hall–Kier alpha value is -2.73. The Morgan fingerprint density at radius 2 is 2.17 bits per heavy atom. The van der Waals surface area contributed by atoms with E-state index in [1.807, 2.05) is 18.2 Å². The number of hydrogen-bond donors (Lipinski definition) is 2. The number of aromatic hydroxyl groups is 1. The highest BCUT2D eigenvalue weighted by Gasteiger charge is 2.45. The molecule has 0 bridgehead atoms. The van der Waals surface area contributed by atoms with Crippen molar-refractivity contribution in [2.75, 3.05) is 43.0 Å². The fourth-order valence-electron chi connectivity index (χ4n) is 5.90. The molecule has 1 saturated heterocycles. The molecule has 0 radical (unpaired) electrons. The van der Waals surface area contributed by atoms with E-state index in [0.717, 1.165) is 68.9 Å². The van der Waals surface area contributed by atoms with E-state index >= 15 is 0 Å². The number of nitrogens with one attached hydrogen (secondary N) is 1. The first-order chi connectivity index (χ1) is 14.7. The molecule has 6 nitrogen and oxygen atoms in total. The zero-order valence-corrected chi connectivity index (χ0v) is 17.1. The number of phenols is 1. The van der Waals surface area contributed by atoms with Gasteiger partial charge in [-0.3, -0.25) is 4.79 Å². The van der Waals surface area contributed by atoms with Gasteiger partial charge in [-0.15, -0.1) is 0 Å². The van der Waals surface area contributed by atoms with Crippen LogP contribution < -0.4 is 15.0 Å². The molecule has 0 spiro atoms. The molecule has 2 aromatic rings. The van der Waals surface area contributed by atoms with Crippen molar-refractivity contribution in [1.82, 2.24) is 4.90 Å². The summed E-state index contributed by atoms with van der Waals surface area (Å²) in [4.78, 5) is 17.0. The monoisotopic (exact) mass is 405 g/mol. The second-order valence-electron chi connectivity index (χ2n) is 8.94. The highest BCUT2D eigenvalue weighted by atomic mass is 16.5. The second-order valence-corrected chi connectivity index (χ2v) is 8.94. The highest BCUT2D eigenvalue weighted by Crippen LogP contribution is 2.49. The molecule has 4 aliphatic rings. The number of para-hydroxylation sites is 1. The molecule has 2 aromatic carbocycles. The van der Waals surface area contributed by atoms with Crippen LogP contribution in [0, 0.1) is 0 Å². The van der Waals surface area contributed by atoms with Crippen LogP contribution >= 0.6 is 0 Å². The molecule has 6 heteroatoms. The number of amides is 1. The highest BCUT2D eigenvalue weighted by molar-refractivity contribution is 6.03. The van der Waals surface area contributed by atoms with Gasteiger partial charge in [0.05, 0.1) is 24.5 Å². The number of phenolic OH excluding ortho intramolecular Hbond substituents is 1. The fraction of sp³-hybridized carbons (Fsp3) is 0.458. The Labute approximate surface area is 176 Å². The Bertz CT molecular complexity index is 1020. The summed E-state index contributed by atoms with van der Waals surface area (Å²) in [6.07, 6.45) is 3.86. The van der Waals surface area contributed by atoms with E-state index in [0.29, 0.717) is 24.3 Å². The average Bonchev–Trinajstić information content (AvgIpc) is 3.34. The fourth-order valence-corrected chi connectivity index (χ4v) is 5.90. The number of anilines is 2. The van der Waals surface area contributed by atoms with Crippen LogP contribution in [0.4, 0.5) is 11.4 Å². The van der Waals surface area contributed by atoms with Crippen LogP contribution in [0.15, 0.2) is 30.3 Å². The lowest BCUT2D eigenvalue weighted by molar-refractivity contribution is -0.115. The number of benzene rings is 2. The number of nitrogens with zero attached hydrogens (tertiary/aromatic N) is 2. The van der Waals surface area contributed by atoms with Crippen molar-refractivity contribution in [3.05, 3.63) is 47.0 Å².